The molecule has 0 bridgehead atoms. The molecular formula is C13H13ClN2O2. The summed E-state index contributed by atoms with van der Waals surface area (Å²) < 4.78 is 7.22. The van der Waals surface area contributed by atoms with Gasteiger partial charge >= 0.3 is 0 Å². The molecule has 0 unspecified atom stereocenters. The van der Waals surface area contributed by atoms with Crippen molar-refractivity contribution >= 4 is 17.9 Å². The number of para-hydroxylation sites is 1. The van der Waals surface area contributed by atoms with E-state index in [0.29, 0.717) is 23.1 Å². The molecule has 0 spiro atoms. The first-order chi connectivity index (χ1) is 8.63. The molecule has 0 saturated carbocycles. The SMILES string of the molecule is Cc1nn(C)c(Cl)c1COc1ccccc1C=O. The second-order valence-corrected chi connectivity index (χ2v) is 4.28. The molecule has 1 aromatic heterocycles. The van der Waals surface area contributed by atoms with Crippen LogP contribution in [0.2, 0.25) is 5.15 Å². The van der Waals surface area contributed by atoms with E-state index >= 15 is 0 Å². The van der Waals surface area contributed by atoms with E-state index in [1.165, 1.54) is 0 Å². The van der Waals surface area contributed by atoms with Gasteiger partial charge in [0.1, 0.15) is 17.5 Å². The molecule has 0 N–H and O–H groups in total. The molecule has 18 heavy (non-hydrogen) atoms. The van der Waals surface area contributed by atoms with E-state index in [2.05, 4.69) is 5.10 Å². The van der Waals surface area contributed by atoms with Crippen molar-refractivity contribution in [3.8, 4) is 5.75 Å². The number of aromatic nitrogens is 2. The summed E-state index contributed by atoms with van der Waals surface area (Å²) in [5.74, 6) is 0.548. The lowest BCUT2D eigenvalue weighted by Crippen LogP contribution is -1.99. The number of ether oxygens (including phenoxy) is 1. The number of carbonyl (C=O) groups is 1. The third-order valence-electron chi connectivity index (χ3n) is 2.69. The van der Waals surface area contributed by atoms with Crippen LogP contribution in [-0.2, 0) is 13.7 Å². The van der Waals surface area contributed by atoms with Crippen LogP contribution in [0.4, 0.5) is 0 Å². The highest BCUT2D eigenvalue weighted by molar-refractivity contribution is 6.30. The van der Waals surface area contributed by atoms with Crippen LogP contribution in [0.1, 0.15) is 21.6 Å². The highest BCUT2D eigenvalue weighted by atomic mass is 35.5. The molecule has 0 aliphatic rings. The normalized spacial score (nSPS) is 10.4. The highest BCUT2D eigenvalue weighted by Crippen LogP contribution is 2.22. The van der Waals surface area contributed by atoms with Gasteiger partial charge in [-0.05, 0) is 19.1 Å². The molecule has 2 aromatic rings. The summed E-state index contributed by atoms with van der Waals surface area (Å²) in [5, 5.41) is 4.75. The Morgan fingerprint density at radius 3 is 2.78 bits per heavy atom. The largest absolute Gasteiger partial charge is 0.488 e. The van der Waals surface area contributed by atoms with Crippen LogP contribution in [0.3, 0.4) is 0 Å². The summed E-state index contributed by atoms with van der Waals surface area (Å²) in [5.41, 5.74) is 2.18. The number of hydrogen-bond donors (Lipinski definition) is 0. The van der Waals surface area contributed by atoms with Crippen LogP contribution in [0.5, 0.6) is 5.75 Å². The molecule has 0 aliphatic carbocycles. The monoisotopic (exact) mass is 264 g/mol. The Kier molecular flexibility index (Phi) is 3.67. The zero-order chi connectivity index (χ0) is 13.1. The van der Waals surface area contributed by atoms with Gasteiger partial charge in [0.05, 0.1) is 11.3 Å². The first-order valence-electron chi connectivity index (χ1n) is 5.48. The lowest BCUT2D eigenvalue weighted by molar-refractivity contribution is 0.111. The number of hydrogen-bond acceptors (Lipinski definition) is 3. The molecule has 2 rings (SSSR count). The average molecular weight is 265 g/mol. The van der Waals surface area contributed by atoms with Crippen molar-refractivity contribution < 1.29 is 9.53 Å². The summed E-state index contributed by atoms with van der Waals surface area (Å²) in [4.78, 5) is 10.9. The van der Waals surface area contributed by atoms with Crippen molar-refractivity contribution in [2.75, 3.05) is 0 Å². The van der Waals surface area contributed by atoms with Gasteiger partial charge in [-0.15, -0.1) is 0 Å². The minimum Gasteiger partial charge on any atom is -0.488 e. The zero-order valence-corrected chi connectivity index (χ0v) is 10.9. The molecule has 94 valence electrons. The van der Waals surface area contributed by atoms with Gasteiger partial charge in [0.25, 0.3) is 0 Å². The van der Waals surface area contributed by atoms with Gasteiger partial charge in [0.2, 0.25) is 0 Å². The fraction of sp³-hybridized carbons (Fsp3) is 0.231. The summed E-state index contributed by atoms with van der Waals surface area (Å²) >= 11 is 6.10. The summed E-state index contributed by atoms with van der Waals surface area (Å²) in [6, 6.07) is 7.07. The maximum Gasteiger partial charge on any atom is 0.153 e. The van der Waals surface area contributed by atoms with Crippen molar-refractivity contribution in [2.45, 2.75) is 13.5 Å². The summed E-state index contributed by atoms with van der Waals surface area (Å²) in [7, 11) is 1.78. The van der Waals surface area contributed by atoms with Crippen LogP contribution in [0.15, 0.2) is 24.3 Å². The Hall–Kier alpha value is -1.81. The third kappa shape index (κ3) is 2.38. The van der Waals surface area contributed by atoms with Gasteiger partial charge in [-0.2, -0.15) is 5.10 Å². The number of nitrogens with zero attached hydrogens (tertiary/aromatic N) is 2. The predicted octanol–water partition coefficient (Wildman–Crippen LogP) is 2.77. The van der Waals surface area contributed by atoms with Crippen LogP contribution < -0.4 is 4.74 Å². The van der Waals surface area contributed by atoms with E-state index in [1.807, 2.05) is 13.0 Å². The minimum absolute atomic E-state index is 0.295. The molecule has 4 nitrogen and oxygen atoms in total. The Morgan fingerprint density at radius 2 is 2.17 bits per heavy atom. The lowest BCUT2D eigenvalue weighted by Gasteiger charge is -2.07. The number of carbonyl (C=O) groups excluding carboxylic acids is 1. The predicted molar refractivity (Wildman–Crippen MR) is 69.1 cm³/mol. The van der Waals surface area contributed by atoms with E-state index < -0.39 is 0 Å². The Labute approximate surface area is 110 Å². The molecule has 0 saturated heterocycles. The second-order valence-electron chi connectivity index (χ2n) is 3.92. The molecule has 0 atom stereocenters. The fourth-order valence-electron chi connectivity index (χ4n) is 1.70. The molecular weight excluding hydrogens is 252 g/mol. The first-order valence-corrected chi connectivity index (χ1v) is 5.86. The zero-order valence-electron chi connectivity index (χ0n) is 10.2. The average Bonchev–Trinajstić information content (AvgIpc) is 2.62. The van der Waals surface area contributed by atoms with Crippen LogP contribution in [0.25, 0.3) is 0 Å². The molecule has 5 heteroatoms. The number of aryl methyl sites for hydroxylation is 2. The van der Waals surface area contributed by atoms with Crippen LogP contribution in [-0.4, -0.2) is 16.1 Å². The van der Waals surface area contributed by atoms with Crippen molar-refractivity contribution in [2.24, 2.45) is 7.05 Å². The molecule has 0 aliphatic heterocycles. The van der Waals surface area contributed by atoms with Crippen LogP contribution >= 0.6 is 11.6 Å². The van der Waals surface area contributed by atoms with Gasteiger partial charge in [0, 0.05) is 12.6 Å². The molecule has 1 aromatic carbocycles. The van der Waals surface area contributed by atoms with Crippen LogP contribution in [0, 0.1) is 6.92 Å². The van der Waals surface area contributed by atoms with Crippen molar-refractivity contribution in [1.82, 2.24) is 9.78 Å². The maximum absolute atomic E-state index is 10.9. The standard InChI is InChI=1S/C13H13ClN2O2/c1-9-11(13(14)16(2)15-9)8-18-12-6-4-3-5-10(12)7-17/h3-7H,8H2,1-2H3. The minimum atomic E-state index is 0.295. The summed E-state index contributed by atoms with van der Waals surface area (Å²) in [6.45, 7) is 2.17. The van der Waals surface area contributed by atoms with Gasteiger partial charge < -0.3 is 4.74 Å². The number of halogens is 1. The highest BCUT2D eigenvalue weighted by Gasteiger charge is 2.12. The third-order valence-corrected chi connectivity index (χ3v) is 3.16. The van der Waals surface area contributed by atoms with E-state index in [4.69, 9.17) is 16.3 Å². The number of rotatable bonds is 4. The lowest BCUT2D eigenvalue weighted by atomic mass is 10.2. The molecule has 0 fully saturated rings. The molecule has 0 amide bonds. The topological polar surface area (TPSA) is 44.1 Å². The van der Waals surface area contributed by atoms with Gasteiger partial charge in [-0.1, -0.05) is 23.7 Å². The van der Waals surface area contributed by atoms with E-state index in [-0.39, 0.29) is 0 Å². The number of aldehydes is 1. The first kappa shape index (κ1) is 12.6. The Morgan fingerprint density at radius 1 is 1.44 bits per heavy atom. The van der Waals surface area contributed by atoms with Gasteiger partial charge in [-0.25, -0.2) is 0 Å². The van der Waals surface area contributed by atoms with Gasteiger partial charge in [0.15, 0.2) is 6.29 Å². The molecule has 0 radical (unpaired) electrons. The Balaban J connectivity index is 2.19. The smallest absolute Gasteiger partial charge is 0.153 e. The van der Waals surface area contributed by atoms with Gasteiger partial charge in [-0.3, -0.25) is 9.48 Å². The van der Waals surface area contributed by atoms with E-state index in [1.54, 1.807) is 29.9 Å². The quantitative estimate of drug-likeness (QED) is 0.798. The van der Waals surface area contributed by atoms with Crippen molar-refractivity contribution in [3.63, 3.8) is 0 Å². The fourth-order valence-corrected chi connectivity index (χ4v) is 1.93. The summed E-state index contributed by atoms with van der Waals surface area (Å²) in [6.07, 6.45) is 0.771. The molecule has 1 heterocycles. The van der Waals surface area contributed by atoms with E-state index in [9.17, 15) is 4.79 Å². The van der Waals surface area contributed by atoms with Crippen molar-refractivity contribution in [3.05, 3.63) is 46.2 Å². The maximum atomic E-state index is 10.9. The second kappa shape index (κ2) is 5.23. The Bertz CT molecular complexity index is 578. The number of benzene rings is 1. The van der Waals surface area contributed by atoms with Crippen molar-refractivity contribution in [1.29, 1.82) is 0 Å². The van der Waals surface area contributed by atoms with E-state index in [0.717, 1.165) is 17.5 Å².